The topological polar surface area (TPSA) is 22.3 Å². The molecule has 1 aliphatic rings. The summed E-state index contributed by atoms with van der Waals surface area (Å²) in [4.78, 5) is 8.26. The molecule has 0 spiro atoms. The summed E-state index contributed by atoms with van der Waals surface area (Å²) in [6.07, 6.45) is 2.14. The Morgan fingerprint density at radius 1 is 1.05 bits per heavy atom. The summed E-state index contributed by atoms with van der Waals surface area (Å²) in [5, 5.41) is 1.34. The van der Waals surface area contributed by atoms with Crippen LogP contribution in [0.4, 0.5) is 0 Å². The van der Waals surface area contributed by atoms with Gasteiger partial charge in [-0.15, -0.1) is 11.6 Å². The largest absolute Gasteiger partial charge is 0.361 e. The number of benzene rings is 1. The van der Waals surface area contributed by atoms with Crippen LogP contribution in [0, 0.1) is 11.8 Å². The Bertz CT molecular complexity index is 645. The third kappa shape index (κ3) is 3.59. The van der Waals surface area contributed by atoms with Crippen LogP contribution >= 0.6 is 11.6 Å². The van der Waals surface area contributed by atoms with Crippen molar-refractivity contribution in [3.8, 4) is 11.8 Å². The number of fused-ring (bicyclic) bond motifs is 1. The smallest absolute Gasteiger partial charge is 0.0835 e. The molecule has 0 bridgehead atoms. The lowest BCUT2D eigenvalue weighted by Crippen LogP contribution is -2.45. The molecule has 3 nitrogen and oxygen atoms in total. The van der Waals surface area contributed by atoms with E-state index in [9.17, 15) is 0 Å². The van der Waals surface area contributed by atoms with Gasteiger partial charge in [-0.2, -0.15) is 0 Å². The molecule has 1 N–H and O–H groups in total. The monoisotopic (exact) mass is 301 g/mol. The van der Waals surface area contributed by atoms with Crippen LogP contribution in [0.3, 0.4) is 0 Å². The quantitative estimate of drug-likeness (QED) is 0.695. The Labute approximate surface area is 130 Å². The van der Waals surface area contributed by atoms with Crippen LogP contribution < -0.4 is 0 Å². The van der Waals surface area contributed by atoms with Crippen molar-refractivity contribution in [3.05, 3.63) is 36.0 Å². The third-order valence-corrected chi connectivity index (χ3v) is 4.16. The second-order valence-corrected chi connectivity index (χ2v) is 5.67. The molecule has 0 atom stereocenters. The van der Waals surface area contributed by atoms with Gasteiger partial charge >= 0.3 is 0 Å². The van der Waals surface area contributed by atoms with Gasteiger partial charge in [0.25, 0.3) is 0 Å². The Hall–Kier alpha value is -1.47. The number of halogens is 1. The van der Waals surface area contributed by atoms with Crippen LogP contribution in [-0.4, -0.2) is 53.4 Å². The van der Waals surface area contributed by atoms with E-state index in [4.69, 9.17) is 11.6 Å². The second kappa shape index (κ2) is 7.00. The SMILES string of the molecule is ClCC#CCN1CCN(Cc2c[nH]c3ccccc23)CC1. The van der Waals surface area contributed by atoms with E-state index in [-0.39, 0.29) is 0 Å². The van der Waals surface area contributed by atoms with Crippen LogP contribution in [0.5, 0.6) is 0 Å². The summed E-state index contributed by atoms with van der Waals surface area (Å²) in [5.74, 6) is 6.46. The van der Waals surface area contributed by atoms with E-state index < -0.39 is 0 Å². The molecule has 3 rings (SSSR count). The molecule has 0 unspecified atom stereocenters. The Morgan fingerprint density at radius 2 is 1.81 bits per heavy atom. The van der Waals surface area contributed by atoms with Gasteiger partial charge < -0.3 is 4.98 Å². The molecule has 4 heteroatoms. The van der Waals surface area contributed by atoms with Crippen molar-refractivity contribution in [2.45, 2.75) is 6.54 Å². The van der Waals surface area contributed by atoms with Gasteiger partial charge in [0, 0.05) is 49.8 Å². The number of aromatic nitrogens is 1. The molecule has 110 valence electrons. The predicted octanol–water partition coefficient (Wildman–Crippen LogP) is 2.53. The number of piperazine rings is 1. The van der Waals surface area contributed by atoms with Gasteiger partial charge in [0.15, 0.2) is 0 Å². The summed E-state index contributed by atoms with van der Waals surface area (Å²) in [6, 6.07) is 8.50. The molecule has 0 aliphatic carbocycles. The number of nitrogens with zero attached hydrogens (tertiary/aromatic N) is 2. The highest BCUT2D eigenvalue weighted by Crippen LogP contribution is 2.19. The van der Waals surface area contributed by atoms with E-state index in [1.54, 1.807) is 0 Å². The fraction of sp³-hybridized carbons (Fsp3) is 0.412. The van der Waals surface area contributed by atoms with Gasteiger partial charge in [0.05, 0.1) is 12.4 Å². The van der Waals surface area contributed by atoms with Gasteiger partial charge in [-0.1, -0.05) is 30.0 Å². The first-order chi connectivity index (χ1) is 10.4. The first-order valence-electron chi connectivity index (χ1n) is 7.38. The zero-order valence-electron chi connectivity index (χ0n) is 12.1. The Morgan fingerprint density at radius 3 is 2.62 bits per heavy atom. The van der Waals surface area contributed by atoms with Crippen LogP contribution in [0.2, 0.25) is 0 Å². The number of nitrogens with one attached hydrogen (secondary N) is 1. The number of alkyl halides is 1. The fourth-order valence-corrected chi connectivity index (χ4v) is 2.92. The van der Waals surface area contributed by atoms with E-state index in [0.29, 0.717) is 5.88 Å². The van der Waals surface area contributed by atoms with Crippen LogP contribution in [-0.2, 0) is 6.54 Å². The summed E-state index contributed by atoms with van der Waals surface area (Å²) in [5.41, 5.74) is 2.61. The highest BCUT2D eigenvalue weighted by atomic mass is 35.5. The van der Waals surface area contributed by atoms with Crippen LogP contribution in [0.1, 0.15) is 5.56 Å². The lowest BCUT2D eigenvalue weighted by Gasteiger charge is -2.33. The highest BCUT2D eigenvalue weighted by molar-refractivity contribution is 6.19. The average molecular weight is 302 g/mol. The number of hydrogen-bond acceptors (Lipinski definition) is 2. The van der Waals surface area contributed by atoms with Gasteiger partial charge in [-0.3, -0.25) is 9.80 Å². The molecule has 1 saturated heterocycles. The first-order valence-corrected chi connectivity index (χ1v) is 7.91. The molecule has 0 amide bonds. The van der Waals surface area contributed by atoms with Gasteiger partial charge in [-0.25, -0.2) is 0 Å². The molecule has 0 saturated carbocycles. The maximum Gasteiger partial charge on any atom is 0.0835 e. The van der Waals surface area contributed by atoms with E-state index in [1.807, 2.05) is 0 Å². The normalized spacial score (nSPS) is 16.8. The highest BCUT2D eigenvalue weighted by Gasteiger charge is 2.17. The average Bonchev–Trinajstić information content (AvgIpc) is 2.93. The summed E-state index contributed by atoms with van der Waals surface area (Å²) in [6.45, 7) is 6.22. The summed E-state index contributed by atoms with van der Waals surface area (Å²) < 4.78 is 0. The van der Waals surface area contributed by atoms with E-state index in [1.165, 1.54) is 16.5 Å². The van der Waals surface area contributed by atoms with Crippen molar-refractivity contribution >= 4 is 22.5 Å². The minimum Gasteiger partial charge on any atom is -0.361 e. The molecule has 0 radical (unpaired) electrons. The summed E-state index contributed by atoms with van der Waals surface area (Å²) >= 11 is 5.57. The first kappa shape index (κ1) is 14.5. The van der Waals surface area contributed by atoms with Crippen molar-refractivity contribution in [2.75, 3.05) is 38.6 Å². The molecule has 1 aromatic heterocycles. The standard InChI is InChI=1S/C17H20ClN3/c18-7-3-4-8-20-9-11-21(12-10-20)14-15-13-19-17-6-2-1-5-16(15)17/h1-2,5-6,13,19H,7-12,14H2. The minimum atomic E-state index is 0.431. The zero-order chi connectivity index (χ0) is 14.5. The van der Waals surface area contributed by atoms with Crippen molar-refractivity contribution in [1.82, 2.24) is 14.8 Å². The van der Waals surface area contributed by atoms with Crippen LogP contribution in [0.15, 0.2) is 30.5 Å². The maximum atomic E-state index is 5.57. The fourth-order valence-electron chi connectivity index (χ4n) is 2.82. The Kier molecular flexibility index (Phi) is 4.82. The molecule has 1 aromatic carbocycles. The molecular weight excluding hydrogens is 282 g/mol. The minimum absolute atomic E-state index is 0.431. The molecule has 1 aliphatic heterocycles. The van der Waals surface area contributed by atoms with Gasteiger partial charge in [0.1, 0.15) is 0 Å². The lowest BCUT2D eigenvalue weighted by atomic mass is 10.1. The molecule has 2 aromatic rings. The molecule has 1 fully saturated rings. The molecule has 2 heterocycles. The number of H-pyrrole nitrogens is 1. The van der Waals surface area contributed by atoms with Gasteiger partial charge in [-0.05, 0) is 11.6 Å². The number of para-hydroxylation sites is 1. The number of rotatable bonds is 3. The van der Waals surface area contributed by atoms with Gasteiger partial charge in [0.2, 0.25) is 0 Å². The lowest BCUT2D eigenvalue weighted by molar-refractivity contribution is 0.139. The number of aromatic amines is 1. The third-order valence-electron chi connectivity index (χ3n) is 4.03. The zero-order valence-corrected chi connectivity index (χ0v) is 12.9. The van der Waals surface area contributed by atoms with Crippen molar-refractivity contribution in [3.63, 3.8) is 0 Å². The number of hydrogen-bond donors (Lipinski definition) is 1. The predicted molar refractivity (Wildman–Crippen MR) is 88.5 cm³/mol. The van der Waals surface area contributed by atoms with E-state index >= 15 is 0 Å². The maximum absolute atomic E-state index is 5.57. The van der Waals surface area contributed by atoms with Crippen LogP contribution in [0.25, 0.3) is 10.9 Å². The van der Waals surface area contributed by atoms with E-state index in [2.05, 4.69) is 57.1 Å². The summed E-state index contributed by atoms with van der Waals surface area (Å²) in [7, 11) is 0. The molecule has 21 heavy (non-hydrogen) atoms. The second-order valence-electron chi connectivity index (χ2n) is 5.40. The van der Waals surface area contributed by atoms with Crippen molar-refractivity contribution in [2.24, 2.45) is 0 Å². The van der Waals surface area contributed by atoms with E-state index in [0.717, 1.165) is 39.3 Å². The van der Waals surface area contributed by atoms with Crippen molar-refractivity contribution in [1.29, 1.82) is 0 Å². The van der Waals surface area contributed by atoms with Crippen molar-refractivity contribution < 1.29 is 0 Å². The Balaban J connectivity index is 1.56. The molecular formula is C17H20ClN3.